The minimum atomic E-state index is -3.28. The van der Waals surface area contributed by atoms with Crippen LogP contribution < -0.4 is 0 Å². The molecule has 1 N–H and O–H groups in total. The summed E-state index contributed by atoms with van der Waals surface area (Å²) in [4.78, 5) is 2.07. The van der Waals surface area contributed by atoms with Crippen LogP contribution in [0.5, 0.6) is 0 Å². The number of hydrogen-bond donors (Lipinski definition) is 1. The summed E-state index contributed by atoms with van der Waals surface area (Å²) in [6, 6.07) is 0. The van der Waals surface area contributed by atoms with Crippen LogP contribution in [0.15, 0.2) is 12.4 Å². The van der Waals surface area contributed by atoms with Gasteiger partial charge in [-0.25, -0.2) is 12.7 Å². The number of likely N-dealkylation sites (tertiary alicyclic amines) is 1. The second-order valence-corrected chi connectivity index (χ2v) is 7.83. The number of rotatable bonds is 5. The van der Waals surface area contributed by atoms with E-state index in [-0.39, 0.29) is 11.7 Å². The highest BCUT2D eigenvalue weighted by Gasteiger charge is 2.35. The molecule has 2 heterocycles. The van der Waals surface area contributed by atoms with Crippen molar-refractivity contribution in [1.82, 2.24) is 19.0 Å². The van der Waals surface area contributed by atoms with Gasteiger partial charge in [-0.15, -0.1) is 0 Å². The predicted octanol–water partition coefficient (Wildman–Crippen LogP) is -0.896. The third-order valence-corrected chi connectivity index (χ3v) is 5.59. The molecular formula is C12H22N4O3S. The number of β-amino-alcohol motifs (C(OH)–C–C–N with tert-alkyl or cyclic N) is 1. The number of nitrogens with zero attached hydrogens (tertiary/aromatic N) is 4. The molecule has 0 spiro atoms. The highest BCUT2D eigenvalue weighted by molar-refractivity contribution is 7.89. The Morgan fingerprint density at radius 1 is 1.45 bits per heavy atom. The molecule has 7 nitrogen and oxygen atoms in total. The van der Waals surface area contributed by atoms with Gasteiger partial charge in [-0.05, 0) is 0 Å². The van der Waals surface area contributed by atoms with Crippen LogP contribution in [0.4, 0.5) is 0 Å². The molecule has 1 aromatic rings. The highest BCUT2D eigenvalue weighted by atomic mass is 32.2. The first-order chi connectivity index (χ1) is 9.28. The van der Waals surface area contributed by atoms with Gasteiger partial charge in [-0.2, -0.15) is 5.10 Å². The third-order valence-electron chi connectivity index (χ3n) is 3.63. The van der Waals surface area contributed by atoms with Gasteiger partial charge in [0.2, 0.25) is 10.0 Å². The molecule has 2 rings (SSSR count). The molecule has 1 aliphatic rings. The molecule has 0 saturated carbocycles. The summed E-state index contributed by atoms with van der Waals surface area (Å²) in [6.45, 7) is 1.77. The summed E-state index contributed by atoms with van der Waals surface area (Å²) in [6.07, 6.45) is 3.12. The van der Waals surface area contributed by atoms with E-state index in [4.69, 9.17) is 0 Å². The molecule has 0 unspecified atom stereocenters. The first-order valence-electron chi connectivity index (χ1n) is 6.56. The second-order valence-electron chi connectivity index (χ2n) is 5.60. The Kier molecular flexibility index (Phi) is 4.48. The van der Waals surface area contributed by atoms with E-state index in [9.17, 15) is 13.5 Å². The van der Waals surface area contributed by atoms with Crippen LogP contribution >= 0.6 is 0 Å². The standard InChI is InChI=1S/C12H22N4O3S/c1-14(2)20(18,19)9-11-7-16(8-12(11)17)6-10-4-13-15(3)5-10/h4-5,11-12,17H,6-9H2,1-3H3/t11-,12+/m0/s1. The Labute approximate surface area is 119 Å². The van der Waals surface area contributed by atoms with Crippen LogP contribution in [0.3, 0.4) is 0 Å². The maximum atomic E-state index is 11.9. The van der Waals surface area contributed by atoms with Gasteiger partial charge in [0.25, 0.3) is 0 Å². The second kappa shape index (κ2) is 5.80. The smallest absolute Gasteiger partial charge is 0.214 e. The number of aliphatic hydroxyl groups is 1. The van der Waals surface area contributed by atoms with Crippen molar-refractivity contribution in [2.45, 2.75) is 12.6 Å². The van der Waals surface area contributed by atoms with Crippen LogP contribution in [-0.4, -0.2) is 71.6 Å². The average Bonchev–Trinajstić information content (AvgIpc) is 2.86. The lowest BCUT2D eigenvalue weighted by atomic mass is 10.1. The number of aliphatic hydroxyl groups excluding tert-OH is 1. The highest BCUT2D eigenvalue weighted by Crippen LogP contribution is 2.21. The van der Waals surface area contributed by atoms with Crippen LogP contribution in [0.2, 0.25) is 0 Å². The molecule has 114 valence electrons. The van der Waals surface area contributed by atoms with E-state index in [0.29, 0.717) is 19.6 Å². The third kappa shape index (κ3) is 3.57. The van der Waals surface area contributed by atoms with Gasteiger partial charge >= 0.3 is 0 Å². The molecule has 1 aromatic heterocycles. The number of hydrogen-bond acceptors (Lipinski definition) is 5. The largest absolute Gasteiger partial charge is 0.391 e. The molecule has 0 aromatic carbocycles. The van der Waals surface area contributed by atoms with E-state index in [1.165, 1.54) is 18.4 Å². The van der Waals surface area contributed by atoms with Gasteiger partial charge in [-0.3, -0.25) is 9.58 Å². The fourth-order valence-corrected chi connectivity index (χ4v) is 3.63. The van der Waals surface area contributed by atoms with Crippen LogP contribution in [0.1, 0.15) is 5.56 Å². The summed E-state index contributed by atoms with van der Waals surface area (Å²) in [5.74, 6) is -0.246. The van der Waals surface area contributed by atoms with Crippen LogP contribution in [0.25, 0.3) is 0 Å². The number of sulfonamides is 1. The van der Waals surface area contributed by atoms with E-state index >= 15 is 0 Å². The van der Waals surface area contributed by atoms with E-state index in [2.05, 4.69) is 10.00 Å². The summed E-state index contributed by atoms with van der Waals surface area (Å²) < 4.78 is 26.7. The first kappa shape index (κ1) is 15.4. The zero-order chi connectivity index (χ0) is 14.9. The zero-order valence-electron chi connectivity index (χ0n) is 12.1. The predicted molar refractivity (Wildman–Crippen MR) is 75.5 cm³/mol. The maximum Gasteiger partial charge on any atom is 0.214 e. The normalized spacial score (nSPS) is 24.6. The SMILES string of the molecule is CN(C)S(=O)(=O)C[C@@H]1CN(Cc2cnn(C)c2)C[C@H]1O. The van der Waals surface area contributed by atoms with Gasteiger partial charge in [-0.1, -0.05) is 0 Å². The Hall–Kier alpha value is -0.960. The number of aryl methyl sites for hydroxylation is 1. The van der Waals surface area contributed by atoms with Crippen molar-refractivity contribution in [3.05, 3.63) is 18.0 Å². The van der Waals surface area contributed by atoms with Crippen LogP contribution in [0, 0.1) is 5.92 Å². The van der Waals surface area contributed by atoms with Crippen molar-refractivity contribution in [3.63, 3.8) is 0 Å². The molecule has 0 radical (unpaired) electrons. The van der Waals surface area contributed by atoms with E-state index in [0.717, 1.165) is 5.56 Å². The summed E-state index contributed by atoms with van der Waals surface area (Å²) in [5, 5.41) is 14.1. The molecule has 1 fully saturated rings. The molecule has 0 bridgehead atoms. The van der Waals surface area contributed by atoms with Crippen LogP contribution in [-0.2, 0) is 23.6 Å². The molecule has 20 heavy (non-hydrogen) atoms. The Balaban J connectivity index is 1.95. The minimum absolute atomic E-state index is 0.00922. The van der Waals surface area contributed by atoms with Crippen molar-refractivity contribution >= 4 is 10.0 Å². The topological polar surface area (TPSA) is 78.7 Å². The monoisotopic (exact) mass is 302 g/mol. The maximum absolute atomic E-state index is 11.9. The molecule has 0 amide bonds. The Bertz CT molecular complexity index is 555. The summed E-state index contributed by atoms with van der Waals surface area (Å²) >= 11 is 0. The van der Waals surface area contributed by atoms with E-state index in [1.807, 2.05) is 13.2 Å². The van der Waals surface area contributed by atoms with E-state index < -0.39 is 16.1 Å². The molecule has 1 aliphatic heterocycles. The fourth-order valence-electron chi connectivity index (χ4n) is 2.47. The quantitative estimate of drug-likeness (QED) is 0.763. The van der Waals surface area contributed by atoms with Gasteiger partial charge < -0.3 is 5.11 Å². The zero-order valence-corrected chi connectivity index (χ0v) is 12.9. The summed E-state index contributed by atoms with van der Waals surface area (Å²) in [5.41, 5.74) is 1.07. The fraction of sp³-hybridized carbons (Fsp3) is 0.750. The van der Waals surface area contributed by atoms with Crippen molar-refractivity contribution in [2.24, 2.45) is 13.0 Å². The van der Waals surface area contributed by atoms with Crippen molar-refractivity contribution in [3.8, 4) is 0 Å². The number of aromatic nitrogens is 2. The van der Waals surface area contributed by atoms with E-state index in [1.54, 1.807) is 10.9 Å². The first-order valence-corrected chi connectivity index (χ1v) is 8.17. The lowest BCUT2D eigenvalue weighted by Gasteiger charge is -2.17. The van der Waals surface area contributed by atoms with Gasteiger partial charge in [0.05, 0.1) is 18.1 Å². The van der Waals surface area contributed by atoms with Gasteiger partial charge in [0, 0.05) is 58.5 Å². The minimum Gasteiger partial charge on any atom is -0.391 e. The molecule has 2 atom stereocenters. The lowest BCUT2D eigenvalue weighted by molar-refractivity contribution is 0.148. The summed E-state index contributed by atoms with van der Waals surface area (Å²) in [7, 11) is 1.62. The van der Waals surface area contributed by atoms with Crippen molar-refractivity contribution < 1.29 is 13.5 Å². The molecule has 0 aliphatic carbocycles. The Morgan fingerprint density at radius 2 is 2.15 bits per heavy atom. The lowest BCUT2D eigenvalue weighted by Crippen LogP contribution is -2.33. The van der Waals surface area contributed by atoms with Gasteiger partial charge in [0.1, 0.15) is 0 Å². The Morgan fingerprint density at radius 3 is 2.70 bits per heavy atom. The van der Waals surface area contributed by atoms with Crippen molar-refractivity contribution in [2.75, 3.05) is 32.9 Å². The average molecular weight is 302 g/mol. The molecule has 1 saturated heterocycles. The van der Waals surface area contributed by atoms with Crippen molar-refractivity contribution in [1.29, 1.82) is 0 Å². The van der Waals surface area contributed by atoms with Gasteiger partial charge in [0.15, 0.2) is 0 Å². The molecular weight excluding hydrogens is 280 g/mol. The molecule has 8 heteroatoms.